The largest absolute Gasteiger partial charge is 0.490 e. The molecule has 3 aromatic rings. The van der Waals surface area contributed by atoms with Gasteiger partial charge in [0.1, 0.15) is 16.9 Å². The number of hydrogen-bond acceptors (Lipinski definition) is 9. The fourth-order valence-electron chi connectivity index (χ4n) is 2.48. The number of halogens is 1. The topological polar surface area (TPSA) is 133 Å². The maximum Gasteiger partial charge on any atom is 0.339 e. The Labute approximate surface area is 188 Å². The number of anilines is 1. The molecule has 0 aliphatic heterocycles. The van der Waals surface area contributed by atoms with Crippen LogP contribution in [0.2, 0.25) is 5.02 Å². The Hall–Kier alpha value is -3.70. The van der Waals surface area contributed by atoms with E-state index in [9.17, 15) is 18.5 Å². The standard InChI is InChI=1S/C20H17ClN4O6S/c1-2-30-18-11-14(12-23-24-19-9-8-15(13-22-19)25(26)27)10-17(21)20(18)31-32(28,29)16-6-4-3-5-7-16/h3-13H,2H2,1H3,(H,22,24)/b23-12-. The van der Waals surface area contributed by atoms with Crippen LogP contribution >= 0.6 is 11.6 Å². The van der Waals surface area contributed by atoms with E-state index in [1.165, 1.54) is 42.6 Å². The van der Waals surface area contributed by atoms with E-state index in [2.05, 4.69) is 15.5 Å². The molecule has 1 N–H and O–H groups in total. The number of rotatable bonds is 9. The van der Waals surface area contributed by atoms with Crippen molar-refractivity contribution in [1.82, 2.24) is 4.98 Å². The molecule has 32 heavy (non-hydrogen) atoms. The normalized spacial score (nSPS) is 11.3. The van der Waals surface area contributed by atoms with Crippen molar-refractivity contribution < 1.29 is 22.3 Å². The molecular formula is C20H17ClN4O6S. The van der Waals surface area contributed by atoms with Crippen molar-refractivity contribution >= 4 is 39.4 Å². The van der Waals surface area contributed by atoms with Gasteiger partial charge < -0.3 is 8.92 Å². The van der Waals surface area contributed by atoms with Crippen molar-refractivity contribution in [2.24, 2.45) is 5.10 Å². The highest BCUT2D eigenvalue weighted by Crippen LogP contribution is 2.38. The lowest BCUT2D eigenvalue weighted by molar-refractivity contribution is -0.385. The minimum Gasteiger partial charge on any atom is -0.490 e. The molecule has 3 rings (SSSR count). The molecule has 0 saturated carbocycles. The molecule has 0 radical (unpaired) electrons. The summed E-state index contributed by atoms with van der Waals surface area (Å²) in [6, 6.07) is 13.3. The van der Waals surface area contributed by atoms with Gasteiger partial charge in [0.25, 0.3) is 5.69 Å². The van der Waals surface area contributed by atoms with E-state index in [1.54, 1.807) is 25.1 Å². The molecular weight excluding hydrogens is 460 g/mol. The molecule has 0 saturated heterocycles. The molecule has 10 nitrogen and oxygen atoms in total. The van der Waals surface area contributed by atoms with Crippen LogP contribution in [0, 0.1) is 10.1 Å². The molecule has 12 heteroatoms. The summed E-state index contributed by atoms with van der Waals surface area (Å²) in [5, 5.41) is 14.7. The fraction of sp³-hybridized carbons (Fsp3) is 0.100. The highest BCUT2D eigenvalue weighted by Gasteiger charge is 2.22. The molecule has 0 spiro atoms. The first kappa shape index (κ1) is 23.0. The summed E-state index contributed by atoms with van der Waals surface area (Å²) in [7, 11) is -4.12. The molecule has 166 valence electrons. The van der Waals surface area contributed by atoms with Gasteiger partial charge in [-0.05, 0) is 42.8 Å². The monoisotopic (exact) mass is 476 g/mol. The molecule has 0 bridgehead atoms. The Kier molecular flexibility index (Phi) is 7.23. The smallest absolute Gasteiger partial charge is 0.339 e. The summed E-state index contributed by atoms with van der Waals surface area (Å²) in [5.74, 6) is 0.269. The highest BCUT2D eigenvalue weighted by atomic mass is 35.5. The van der Waals surface area contributed by atoms with Crippen molar-refractivity contribution in [3.05, 3.63) is 81.5 Å². The Morgan fingerprint density at radius 2 is 1.97 bits per heavy atom. The van der Waals surface area contributed by atoms with Gasteiger partial charge in [-0.2, -0.15) is 13.5 Å². The van der Waals surface area contributed by atoms with E-state index < -0.39 is 15.0 Å². The lowest BCUT2D eigenvalue weighted by Crippen LogP contribution is -2.11. The zero-order valence-electron chi connectivity index (χ0n) is 16.6. The van der Waals surface area contributed by atoms with Crippen molar-refractivity contribution in [1.29, 1.82) is 0 Å². The SMILES string of the molecule is CCOc1cc(/C=N\Nc2ccc([N+](=O)[O-])cn2)cc(Cl)c1OS(=O)(=O)c1ccccc1. The van der Waals surface area contributed by atoms with Gasteiger partial charge in [0, 0.05) is 6.07 Å². The van der Waals surface area contributed by atoms with E-state index in [0.717, 1.165) is 6.20 Å². The Morgan fingerprint density at radius 1 is 1.22 bits per heavy atom. The van der Waals surface area contributed by atoms with Crippen molar-refractivity contribution in [3.63, 3.8) is 0 Å². The molecule has 0 fully saturated rings. The molecule has 0 aliphatic rings. The first-order valence-corrected chi connectivity index (χ1v) is 10.9. The predicted octanol–water partition coefficient (Wildman–Crippen LogP) is 4.26. The van der Waals surface area contributed by atoms with Gasteiger partial charge in [-0.1, -0.05) is 29.8 Å². The third-order valence-electron chi connectivity index (χ3n) is 3.91. The zero-order chi connectivity index (χ0) is 23.1. The zero-order valence-corrected chi connectivity index (χ0v) is 18.2. The number of pyridine rings is 1. The highest BCUT2D eigenvalue weighted by molar-refractivity contribution is 7.87. The van der Waals surface area contributed by atoms with Crippen LogP contribution in [0.3, 0.4) is 0 Å². The van der Waals surface area contributed by atoms with E-state index in [-0.39, 0.29) is 39.5 Å². The molecule has 1 aromatic heterocycles. The van der Waals surface area contributed by atoms with E-state index in [0.29, 0.717) is 5.56 Å². The van der Waals surface area contributed by atoms with Gasteiger partial charge in [-0.25, -0.2) is 4.98 Å². The van der Waals surface area contributed by atoms with Crippen LogP contribution in [-0.2, 0) is 10.1 Å². The van der Waals surface area contributed by atoms with Crippen LogP contribution in [0.1, 0.15) is 12.5 Å². The Balaban J connectivity index is 1.82. The predicted molar refractivity (Wildman–Crippen MR) is 119 cm³/mol. The number of nitro groups is 1. The lowest BCUT2D eigenvalue weighted by Gasteiger charge is -2.14. The summed E-state index contributed by atoms with van der Waals surface area (Å²) in [6.07, 6.45) is 2.49. The average Bonchev–Trinajstić information content (AvgIpc) is 2.77. The van der Waals surface area contributed by atoms with Gasteiger partial charge in [-0.3, -0.25) is 15.5 Å². The molecule has 0 atom stereocenters. The van der Waals surface area contributed by atoms with Crippen LogP contribution in [-0.4, -0.2) is 31.1 Å². The second kappa shape index (κ2) is 10.1. The third kappa shape index (κ3) is 5.71. The third-order valence-corrected chi connectivity index (χ3v) is 5.42. The molecule has 1 heterocycles. The Morgan fingerprint density at radius 3 is 2.59 bits per heavy atom. The van der Waals surface area contributed by atoms with Crippen molar-refractivity contribution in [2.45, 2.75) is 11.8 Å². The first-order chi connectivity index (χ1) is 15.3. The summed E-state index contributed by atoms with van der Waals surface area (Å²) in [6.45, 7) is 1.97. The Bertz CT molecular complexity index is 1230. The number of aromatic nitrogens is 1. The van der Waals surface area contributed by atoms with Crippen LogP contribution in [0.15, 0.2) is 70.8 Å². The van der Waals surface area contributed by atoms with Crippen LogP contribution in [0.5, 0.6) is 11.5 Å². The van der Waals surface area contributed by atoms with Gasteiger partial charge in [0.2, 0.25) is 5.75 Å². The average molecular weight is 477 g/mol. The number of nitrogens with one attached hydrogen (secondary N) is 1. The van der Waals surface area contributed by atoms with E-state index >= 15 is 0 Å². The van der Waals surface area contributed by atoms with Gasteiger partial charge in [0.05, 0.1) is 22.8 Å². The molecule has 0 unspecified atom stereocenters. The lowest BCUT2D eigenvalue weighted by atomic mass is 10.2. The van der Waals surface area contributed by atoms with Crippen LogP contribution < -0.4 is 14.3 Å². The van der Waals surface area contributed by atoms with Crippen molar-refractivity contribution in [2.75, 3.05) is 12.0 Å². The summed E-state index contributed by atoms with van der Waals surface area (Å²) in [4.78, 5) is 14.0. The van der Waals surface area contributed by atoms with Crippen LogP contribution in [0.4, 0.5) is 11.5 Å². The summed E-state index contributed by atoms with van der Waals surface area (Å²) < 4.78 is 35.9. The second-order valence-electron chi connectivity index (χ2n) is 6.14. The van der Waals surface area contributed by atoms with E-state index in [4.69, 9.17) is 20.5 Å². The minimum absolute atomic E-state index is 0.00497. The first-order valence-electron chi connectivity index (χ1n) is 9.15. The van der Waals surface area contributed by atoms with Gasteiger partial charge in [0.15, 0.2) is 5.75 Å². The summed E-state index contributed by atoms with van der Waals surface area (Å²) in [5.41, 5.74) is 2.97. The van der Waals surface area contributed by atoms with Gasteiger partial charge >= 0.3 is 10.1 Å². The van der Waals surface area contributed by atoms with Crippen molar-refractivity contribution in [3.8, 4) is 11.5 Å². The van der Waals surface area contributed by atoms with E-state index in [1.807, 2.05) is 0 Å². The molecule has 2 aromatic carbocycles. The fourth-order valence-corrected chi connectivity index (χ4v) is 3.77. The second-order valence-corrected chi connectivity index (χ2v) is 8.10. The maximum atomic E-state index is 12.6. The maximum absolute atomic E-state index is 12.6. The van der Waals surface area contributed by atoms with Gasteiger partial charge in [-0.15, -0.1) is 0 Å². The number of benzene rings is 2. The number of nitrogens with zero attached hydrogens (tertiary/aromatic N) is 3. The molecule has 0 amide bonds. The quantitative estimate of drug-likeness (QED) is 0.209. The van der Waals surface area contributed by atoms with Crippen LogP contribution in [0.25, 0.3) is 0 Å². The summed E-state index contributed by atoms with van der Waals surface area (Å²) >= 11 is 6.28. The number of hydrazone groups is 1. The minimum atomic E-state index is -4.12. The number of ether oxygens (including phenoxy) is 1. The number of hydrogen-bond donors (Lipinski definition) is 1. The molecule has 0 aliphatic carbocycles.